The zero-order valence-electron chi connectivity index (χ0n) is 25.6. The number of rotatable bonds is 3. The molecule has 1 aliphatic carbocycles. The molecule has 1 atom stereocenters. The van der Waals surface area contributed by atoms with Crippen molar-refractivity contribution >= 4 is 74.7 Å². The van der Waals surface area contributed by atoms with Crippen molar-refractivity contribution in [3.05, 3.63) is 148 Å². The molecular weight excluding hydrogens is 602 g/mol. The number of anilines is 2. The van der Waals surface area contributed by atoms with Crippen LogP contribution in [0.4, 0.5) is 11.4 Å². The Morgan fingerprint density at radius 3 is 2.40 bits per heavy atom. The number of allylic oxidation sites excluding steroid dienone is 4. The van der Waals surface area contributed by atoms with Crippen molar-refractivity contribution in [3.63, 3.8) is 0 Å². The van der Waals surface area contributed by atoms with Gasteiger partial charge in [-0.2, -0.15) is 0 Å². The zero-order chi connectivity index (χ0) is 30.4. The van der Waals surface area contributed by atoms with Gasteiger partial charge in [0.15, 0.2) is 0 Å². The average molecular weight is 634 g/mol. The second kappa shape index (κ2) is 9.99. The molecule has 0 radical (unpaired) electrons. The third kappa shape index (κ3) is 4.14. The summed E-state index contributed by atoms with van der Waals surface area (Å²) in [6.07, 6.45) is 5.69. The van der Waals surface area contributed by atoms with Crippen LogP contribution in [0, 0.1) is 6.92 Å². The highest BCUT2D eigenvalue weighted by atomic mass is 35.5. The first-order valence-corrected chi connectivity index (χ1v) is 19.9. The smallest absolute Gasteiger partial charge is 0.113 e. The Bertz CT molecular complexity index is 2300. The number of halogens is 1. The summed E-state index contributed by atoms with van der Waals surface area (Å²) in [6, 6.07) is 40.7. The first kappa shape index (κ1) is 27.3. The SMILES string of the molecule is Cc1cc(Cl)cc2c1-c1cc(N(C3=CC=C4Sc5ccccc5C4C3)c3ccc4c(ccc5ccccc54)c3)ccc1[Si]2(C)C. The van der Waals surface area contributed by atoms with Crippen molar-refractivity contribution in [1.29, 1.82) is 0 Å². The number of hydrogen-bond acceptors (Lipinski definition) is 2. The van der Waals surface area contributed by atoms with Crippen LogP contribution >= 0.6 is 23.4 Å². The second-order valence-corrected chi connectivity index (χ2v) is 19.0. The lowest BCUT2D eigenvalue weighted by atomic mass is 9.90. The topological polar surface area (TPSA) is 3.24 Å². The van der Waals surface area contributed by atoms with Crippen LogP contribution in [0.2, 0.25) is 18.1 Å². The molecule has 0 spiro atoms. The third-order valence-electron chi connectivity index (χ3n) is 10.2. The largest absolute Gasteiger partial charge is 0.314 e. The van der Waals surface area contributed by atoms with Gasteiger partial charge in [0.1, 0.15) is 8.07 Å². The van der Waals surface area contributed by atoms with Gasteiger partial charge < -0.3 is 4.90 Å². The fourth-order valence-electron chi connectivity index (χ4n) is 7.98. The number of thioether (sulfide) groups is 1. The standard InChI is InChI=1S/C41H32ClNSSi/c1-25-20-28(42)22-40-41(25)36-24-31(16-19-39(36)45(40,2)3)43(30-15-18-38-35(23-30)34-10-6-7-11-37(34)44-38)29-14-17-33-27(21-29)13-12-26-8-4-5-9-32(26)33/h4-22,24,35H,23H2,1-3H3. The molecule has 218 valence electrons. The first-order chi connectivity index (χ1) is 21.9. The minimum atomic E-state index is -1.87. The van der Waals surface area contributed by atoms with Gasteiger partial charge in [-0.3, -0.25) is 0 Å². The summed E-state index contributed by atoms with van der Waals surface area (Å²) < 4.78 is 0. The molecule has 1 unspecified atom stereocenters. The molecule has 2 aliphatic heterocycles. The molecule has 0 bridgehead atoms. The number of hydrogen-bond donors (Lipinski definition) is 0. The Hall–Kier alpha value is -4.02. The maximum atomic E-state index is 6.63. The summed E-state index contributed by atoms with van der Waals surface area (Å²) >= 11 is 8.56. The van der Waals surface area contributed by atoms with Crippen LogP contribution in [-0.4, -0.2) is 8.07 Å². The van der Waals surface area contributed by atoms with Crippen LogP contribution in [0.25, 0.3) is 32.7 Å². The van der Waals surface area contributed by atoms with Gasteiger partial charge in [-0.15, -0.1) is 0 Å². The van der Waals surface area contributed by atoms with Crippen molar-refractivity contribution in [2.45, 2.75) is 37.3 Å². The van der Waals surface area contributed by atoms with Crippen LogP contribution in [0.3, 0.4) is 0 Å². The van der Waals surface area contributed by atoms with E-state index in [4.69, 9.17) is 11.6 Å². The van der Waals surface area contributed by atoms with Crippen LogP contribution < -0.4 is 15.3 Å². The summed E-state index contributed by atoms with van der Waals surface area (Å²) in [5.41, 5.74) is 9.21. The van der Waals surface area contributed by atoms with Gasteiger partial charge in [0, 0.05) is 32.9 Å². The Morgan fingerprint density at radius 2 is 1.49 bits per heavy atom. The van der Waals surface area contributed by atoms with Crippen molar-refractivity contribution < 1.29 is 0 Å². The molecule has 9 rings (SSSR count). The van der Waals surface area contributed by atoms with Crippen molar-refractivity contribution in [2.24, 2.45) is 0 Å². The van der Waals surface area contributed by atoms with Crippen LogP contribution in [-0.2, 0) is 0 Å². The summed E-state index contributed by atoms with van der Waals surface area (Å²) in [7, 11) is -1.87. The lowest BCUT2D eigenvalue weighted by molar-refractivity contribution is 0.782. The quantitative estimate of drug-likeness (QED) is 0.141. The third-order valence-corrected chi connectivity index (χ3v) is 15.2. The molecule has 0 fully saturated rings. The minimum Gasteiger partial charge on any atom is -0.314 e. The minimum absolute atomic E-state index is 0.393. The molecule has 0 saturated carbocycles. The number of benzene rings is 6. The van der Waals surface area contributed by atoms with Gasteiger partial charge in [0.05, 0.1) is 0 Å². The lowest BCUT2D eigenvalue weighted by Crippen LogP contribution is -2.49. The van der Waals surface area contributed by atoms with Gasteiger partial charge in [-0.25, -0.2) is 0 Å². The van der Waals surface area contributed by atoms with Crippen molar-refractivity contribution in [2.75, 3.05) is 4.90 Å². The predicted molar refractivity (Wildman–Crippen MR) is 198 cm³/mol. The Morgan fingerprint density at radius 1 is 0.733 bits per heavy atom. The summed E-state index contributed by atoms with van der Waals surface area (Å²) in [4.78, 5) is 5.36. The van der Waals surface area contributed by atoms with E-state index in [1.807, 2.05) is 11.8 Å². The van der Waals surface area contributed by atoms with Gasteiger partial charge in [-0.1, -0.05) is 103 Å². The Kier molecular flexibility index (Phi) is 6.06. The van der Waals surface area contributed by atoms with E-state index in [0.717, 1.165) is 11.4 Å². The molecule has 0 amide bonds. The van der Waals surface area contributed by atoms with Gasteiger partial charge in [0.2, 0.25) is 0 Å². The number of fused-ring (bicyclic) bond motifs is 9. The molecule has 0 aromatic heterocycles. The average Bonchev–Trinajstić information content (AvgIpc) is 3.52. The fraction of sp³-hybridized carbons (Fsp3) is 0.122. The molecule has 4 heteroatoms. The van der Waals surface area contributed by atoms with Gasteiger partial charge in [0.25, 0.3) is 0 Å². The van der Waals surface area contributed by atoms with E-state index < -0.39 is 8.07 Å². The van der Waals surface area contributed by atoms with E-state index in [1.54, 1.807) is 0 Å². The van der Waals surface area contributed by atoms with Crippen molar-refractivity contribution in [1.82, 2.24) is 0 Å². The molecule has 3 aliphatic rings. The second-order valence-electron chi connectivity index (χ2n) is 13.2. The van der Waals surface area contributed by atoms with Crippen LogP contribution in [0.1, 0.15) is 23.5 Å². The molecule has 1 nitrogen and oxygen atoms in total. The number of aryl methyl sites for hydroxylation is 1. The molecule has 6 aromatic rings. The highest BCUT2D eigenvalue weighted by molar-refractivity contribution is 8.03. The summed E-state index contributed by atoms with van der Waals surface area (Å²) in [5.74, 6) is 0.393. The van der Waals surface area contributed by atoms with E-state index in [9.17, 15) is 0 Å². The molecular formula is C41H32ClNSSi. The van der Waals surface area contributed by atoms with E-state index in [0.29, 0.717) is 5.92 Å². The molecule has 45 heavy (non-hydrogen) atoms. The number of nitrogens with zero attached hydrogens (tertiary/aromatic N) is 1. The van der Waals surface area contributed by atoms with E-state index >= 15 is 0 Å². The van der Waals surface area contributed by atoms with E-state index in [1.165, 1.54) is 81.0 Å². The fourth-order valence-corrected chi connectivity index (χ4v) is 12.7. The highest BCUT2D eigenvalue weighted by Gasteiger charge is 2.39. The maximum absolute atomic E-state index is 6.63. The maximum Gasteiger partial charge on any atom is 0.113 e. The molecule has 0 N–H and O–H groups in total. The normalized spacial score (nSPS) is 17.4. The summed E-state index contributed by atoms with van der Waals surface area (Å²) in [6.45, 7) is 7.14. The Labute approximate surface area is 274 Å². The van der Waals surface area contributed by atoms with Crippen LogP contribution in [0.5, 0.6) is 0 Å². The lowest BCUT2D eigenvalue weighted by Gasteiger charge is -2.32. The summed E-state index contributed by atoms with van der Waals surface area (Å²) in [5, 5.41) is 8.92. The van der Waals surface area contributed by atoms with E-state index in [-0.39, 0.29) is 0 Å². The van der Waals surface area contributed by atoms with Crippen LogP contribution in [0.15, 0.2) is 137 Å². The molecule has 2 heterocycles. The van der Waals surface area contributed by atoms with Gasteiger partial charge >= 0.3 is 0 Å². The monoisotopic (exact) mass is 633 g/mol. The van der Waals surface area contributed by atoms with Gasteiger partial charge in [-0.05, 0) is 127 Å². The molecule has 6 aromatic carbocycles. The zero-order valence-corrected chi connectivity index (χ0v) is 28.1. The van der Waals surface area contributed by atoms with E-state index in [2.05, 4.69) is 146 Å². The predicted octanol–water partition coefficient (Wildman–Crippen LogP) is 11.0. The highest BCUT2D eigenvalue weighted by Crippen LogP contribution is 2.54. The van der Waals surface area contributed by atoms with Crippen molar-refractivity contribution in [3.8, 4) is 11.1 Å². The molecule has 0 saturated heterocycles. The first-order valence-electron chi connectivity index (χ1n) is 15.7. The Balaban J connectivity index is 1.23.